The topological polar surface area (TPSA) is 49.3 Å². The van der Waals surface area contributed by atoms with E-state index in [4.69, 9.17) is 9.47 Å². The highest BCUT2D eigenvalue weighted by Crippen LogP contribution is 2.18. The summed E-state index contributed by atoms with van der Waals surface area (Å²) in [5.41, 5.74) is 0. The van der Waals surface area contributed by atoms with E-state index in [1.807, 2.05) is 0 Å². The standard InChI is InChI=1S/C19H28F2N4O2/c1-22-19(23-5-9-27-16-2-3-17(20)18(21)12-16)25-6-4-15(14-25)13-24-7-10-26-11-8-24/h2-3,12,15H,4-11,13-14H2,1H3,(H,22,23). The van der Waals surface area contributed by atoms with Gasteiger partial charge < -0.3 is 19.7 Å². The number of nitrogens with one attached hydrogen (secondary N) is 1. The van der Waals surface area contributed by atoms with Crippen LogP contribution in [0.3, 0.4) is 0 Å². The van der Waals surface area contributed by atoms with Crippen molar-refractivity contribution in [1.29, 1.82) is 0 Å². The number of benzene rings is 1. The fraction of sp³-hybridized carbons (Fsp3) is 0.632. The van der Waals surface area contributed by atoms with Crippen molar-refractivity contribution in [2.75, 3.05) is 66.1 Å². The Kier molecular flexibility index (Phi) is 7.23. The quantitative estimate of drug-likeness (QED) is 0.460. The second-order valence-electron chi connectivity index (χ2n) is 6.91. The van der Waals surface area contributed by atoms with E-state index < -0.39 is 11.6 Å². The molecule has 6 nitrogen and oxygen atoms in total. The van der Waals surface area contributed by atoms with Crippen molar-refractivity contribution in [2.24, 2.45) is 10.9 Å². The van der Waals surface area contributed by atoms with Crippen LogP contribution in [0.1, 0.15) is 6.42 Å². The molecular weight excluding hydrogens is 354 g/mol. The Morgan fingerprint density at radius 2 is 2.07 bits per heavy atom. The van der Waals surface area contributed by atoms with Gasteiger partial charge in [0.15, 0.2) is 17.6 Å². The number of ether oxygens (including phenoxy) is 2. The summed E-state index contributed by atoms with van der Waals surface area (Å²) in [6, 6.07) is 3.54. The van der Waals surface area contributed by atoms with Gasteiger partial charge in [-0.1, -0.05) is 0 Å². The molecule has 0 amide bonds. The first-order chi connectivity index (χ1) is 13.2. The van der Waals surface area contributed by atoms with Crippen molar-refractivity contribution in [3.8, 4) is 5.75 Å². The molecule has 1 aromatic rings. The van der Waals surface area contributed by atoms with Crippen molar-refractivity contribution < 1.29 is 18.3 Å². The van der Waals surface area contributed by atoms with E-state index in [-0.39, 0.29) is 0 Å². The lowest BCUT2D eigenvalue weighted by molar-refractivity contribution is 0.0315. The Morgan fingerprint density at radius 3 is 2.81 bits per heavy atom. The normalized spacial score (nSPS) is 21.5. The van der Waals surface area contributed by atoms with Gasteiger partial charge in [-0.15, -0.1) is 0 Å². The molecule has 2 aliphatic rings. The second kappa shape index (κ2) is 9.85. The molecule has 2 fully saturated rings. The van der Waals surface area contributed by atoms with Gasteiger partial charge in [-0.25, -0.2) is 8.78 Å². The summed E-state index contributed by atoms with van der Waals surface area (Å²) >= 11 is 0. The third-order valence-corrected chi connectivity index (χ3v) is 4.96. The summed E-state index contributed by atoms with van der Waals surface area (Å²) in [6.45, 7) is 7.66. The van der Waals surface area contributed by atoms with Crippen molar-refractivity contribution >= 4 is 5.96 Å². The lowest BCUT2D eigenvalue weighted by atomic mass is 10.1. The molecule has 1 aromatic carbocycles. The first-order valence-corrected chi connectivity index (χ1v) is 9.49. The third kappa shape index (κ3) is 5.77. The molecule has 1 atom stereocenters. The van der Waals surface area contributed by atoms with Crippen LogP contribution in [0.15, 0.2) is 23.2 Å². The monoisotopic (exact) mass is 382 g/mol. The summed E-state index contributed by atoms with van der Waals surface area (Å²) in [6.07, 6.45) is 1.16. The average Bonchev–Trinajstić information content (AvgIpc) is 3.13. The maximum absolute atomic E-state index is 13.2. The van der Waals surface area contributed by atoms with Crippen LogP contribution < -0.4 is 10.1 Å². The van der Waals surface area contributed by atoms with Crippen molar-refractivity contribution in [2.45, 2.75) is 6.42 Å². The number of morpholine rings is 1. The van der Waals surface area contributed by atoms with Gasteiger partial charge >= 0.3 is 0 Å². The zero-order valence-electron chi connectivity index (χ0n) is 15.8. The molecule has 0 saturated carbocycles. The number of aliphatic imine (C=N–C) groups is 1. The molecule has 0 spiro atoms. The number of hydrogen-bond donors (Lipinski definition) is 1. The maximum atomic E-state index is 13.2. The lowest BCUT2D eigenvalue weighted by Gasteiger charge is -2.29. The number of nitrogens with zero attached hydrogens (tertiary/aromatic N) is 3. The van der Waals surface area contributed by atoms with Crippen LogP contribution in [-0.2, 0) is 4.74 Å². The minimum atomic E-state index is -0.903. The van der Waals surface area contributed by atoms with E-state index in [9.17, 15) is 8.78 Å². The van der Waals surface area contributed by atoms with Gasteiger partial charge in [0.25, 0.3) is 0 Å². The van der Waals surface area contributed by atoms with E-state index >= 15 is 0 Å². The van der Waals surface area contributed by atoms with Crippen LogP contribution in [0, 0.1) is 17.6 Å². The fourth-order valence-corrected chi connectivity index (χ4v) is 3.55. The zero-order valence-corrected chi connectivity index (χ0v) is 15.8. The Bertz CT molecular complexity index is 638. The molecule has 0 aromatic heterocycles. The Labute approximate surface area is 159 Å². The van der Waals surface area contributed by atoms with Crippen LogP contribution in [-0.4, -0.2) is 81.9 Å². The molecule has 150 valence electrons. The molecule has 2 saturated heterocycles. The highest BCUT2D eigenvalue weighted by molar-refractivity contribution is 5.80. The Hall–Kier alpha value is -1.93. The van der Waals surface area contributed by atoms with Crippen molar-refractivity contribution in [3.05, 3.63) is 29.8 Å². The van der Waals surface area contributed by atoms with E-state index in [1.54, 1.807) is 7.05 Å². The van der Waals surface area contributed by atoms with Gasteiger partial charge in [0.2, 0.25) is 0 Å². The number of hydrogen-bond acceptors (Lipinski definition) is 4. The smallest absolute Gasteiger partial charge is 0.193 e. The minimum absolute atomic E-state index is 0.317. The number of halogens is 2. The molecule has 2 heterocycles. The minimum Gasteiger partial charge on any atom is -0.492 e. The largest absolute Gasteiger partial charge is 0.492 e. The highest BCUT2D eigenvalue weighted by atomic mass is 19.2. The molecule has 3 rings (SSSR count). The molecule has 0 aliphatic carbocycles. The summed E-state index contributed by atoms with van der Waals surface area (Å²) in [5, 5.41) is 3.28. The number of guanidine groups is 1. The molecule has 0 radical (unpaired) electrons. The van der Waals surface area contributed by atoms with E-state index in [1.165, 1.54) is 6.07 Å². The SMILES string of the molecule is CN=C(NCCOc1ccc(F)c(F)c1)N1CCC(CN2CCOCC2)C1. The molecular formula is C19H28F2N4O2. The van der Waals surface area contributed by atoms with Gasteiger partial charge in [-0.3, -0.25) is 9.89 Å². The van der Waals surface area contributed by atoms with Gasteiger partial charge in [-0.2, -0.15) is 0 Å². The maximum Gasteiger partial charge on any atom is 0.193 e. The van der Waals surface area contributed by atoms with Crippen LogP contribution in [0.2, 0.25) is 0 Å². The highest BCUT2D eigenvalue weighted by Gasteiger charge is 2.26. The molecule has 1 unspecified atom stereocenters. The molecule has 0 bridgehead atoms. The Balaban J connectivity index is 1.38. The van der Waals surface area contributed by atoms with Gasteiger partial charge in [0.05, 0.1) is 19.8 Å². The van der Waals surface area contributed by atoms with Gasteiger partial charge in [0.1, 0.15) is 12.4 Å². The number of rotatable bonds is 6. The Morgan fingerprint density at radius 1 is 1.26 bits per heavy atom. The summed E-state index contributed by atoms with van der Waals surface area (Å²) in [7, 11) is 1.77. The molecule has 1 N–H and O–H groups in total. The third-order valence-electron chi connectivity index (χ3n) is 4.96. The lowest BCUT2D eigenvalue weighted by Crippen LogP contribution is -2.43. The summed E-state index contributed by atoms with van der Waals surface area (Å²) in [4.78, 5) is 9.10. The van der Waals surface area contributed by atoms with E-state index in [0.717, 1.165) is 70.5 Å². The molecule has 8 heteroatoms. The predicted octanol–water partition coefficient (Wildman–Crippen LogP) is 1.57. The van der Waals surface area contributed by atoms with Crippen LogP contribution in [0.5, 0.6) is 5.75 Å². The van der Waals surface area contributed by atoms with Gasteiger partial charge in [0, 0.05) is 45.8 Å². The molecule has 2 aliphatic heterocycles. The summed E-state index contributed by atoms with van der Waals surface area (Å²) < 4.78 is 37.0. The molecule has 27 heavy (non-hydrogen) atoms. The van der Waals surface area contributed by atoms with Gasteiger partial charge in [-0.05, 0) is 24.5 Å². The van der Waals surface area contributed by atoms with E-state index in [0.29, 0.717) is 24.8 Å². The number of likely N-dealkylation sites (tertiary alicyclic amines) is 1. The fourth-order valence-electron chi connectivity index (χ4n) is 3.55. The second-order valence-corrected chi connectivity index (χ2v) is 6.91. The first-order valence-electron chi connectivity index (χ1n) is 9.49. The predicted molar refractivity (Wildman–Crippen MR) is 100 cm³/mol. The van der Waals surface area contributed by atoms with Crippen LogP contribution in [0.4, 0.5) is 8.78 Å². The summed E-state index contributed by atoms with van der Waals surface area (Å²) in [5.74, 6) is 0.0343. The van der Waals surface area contributed by atoms with Crippen molar-refractivity contribution in [1.82, 2.24) is 15.1 Å². The first kappa shape index (κ1) is 19.8. The van der Waals surface area contributed by atoms with Crippen molar-refractivity contribution in [3.63, 3.8) is 0 Å². The average molecular weight is 382 g/mol. The van der Waals surface area contributed by atoms with E-state index in [2.05, 4.69) is 20.1 Å². The van der Waals surface area contributed by atoms with Crippen LogP contribution in [0.25, 0.3) is 0 Å². The van der Waals surface area contributed by atoms with Crippen LogP contribution >= 0.6 is 0 Å². The zero-order chi connectivity index (χ0) is 19.1.